The second-order valence-corrected chi connectivity index (χ2v) is 5.61. The predicted molar refractivity (Wildman–Crippen MR) is 78.6 cm³/mol. The zero-order valence-corrected chi connectivity index (χ0v) is 12.6. The Morgan fingerprint density at radius 3 is 2.85 bits per heavy atom. The zero-order valence-electron chi connectivity index (χ0n) is 11.0. The molecule has 1 unspecified atom stereocenters. The maximum atomic E-state index is 11.7. The Hall–Kier alpha value is -1.59. The third-order valence-corrected chi connectivity index (χ3v) is 4.35. The molecule has 1 atom stereocenters. The van der Waals surface area contributed by atoms with Crippen LogP contribution >= 0.6 is 15.9 Å². The normalized spacial score (nSPS) is 16.1. The first-order valence-corrected chi connectivity index (χ1v) is 7.17. The van der Waals surface area contributed by atoms with Crippen molar-refractivity contribution in [1.82, 2.24) is 0 Å². The summed E-state index contributed by atoms with van der Waals surface area (Å²) in [5.74, 6) is 0.128. The first-order valence-electron chi connectivity index (χ1n) is 6.38. The van der Waals surface area contributed by atoms with Gasteiger partial charge in [-0.05, 0) is 45.6 Å². The number of halogens is 1. The molecule has 2 aromatic rings. The highest BCUT2D eigenvalue weighted by Gasteiger charge is 2.23. The molecule has 0 radical (unpaired) electrons. The summed E-state index contributed by atoms with van der Waals surface area (Å²) in [6.45, 7) is 0. The summed E-state index contributed by atoms with van der Waals surface area (Å²) in [5, 5.41) is 10.4. The zero-order chi connectivity index (χ0) is 14.3. The van der Waals surface area contributed by atoms with Crippen LogP contribution in [0.25, 0.3) is 0 Å². The smallest absolute Gasteiger partial charge is 0.227 e. The number of aliphatic hydroxyl groups is 1. The van der Waals surface area contributed by atoms with E-state index in [0.29, 0.717) is 23.1 Å². The van der Waals surface area contributed by atoms with E-state index in [4.69, 9.17) is 4.42 Å². The Morgan fingerprint density at radius 1 is 1.35 bits per heavy atom. The molecule has 0 fully saturated rings. The van der Waals surface area contributed by atoms with Gasteiger partial charge in [0.05, 0.1) is 6.26 Å². The van der Waals surface area contributed by atoms with Gasteiger partial charge in [0.25, 0.3) is 0 Å². The number of furan rings is 1. The highest BCUT2D eigenvalue weighted by atomic mass is 79.9. The summed E-state index contributed by atoms with van der Waals surface area (Å²) < 4.78 is 5.69. The standard InChI is InChI=1S/C15H14BrNO3/c1-17-12-4-2-10(8-9(12)3-5-13(17)18)14(19)11-6-7-20-15(11)16/h2,4,6-8,14,19H,3,5H2,1H3. The summed E-state index contributed by atoms with van der Waals surface area (Å²) in [6, 6.07) is 7.43. The minimum atomic E-state index is -0.739. The molecule has 1 aromatic carbocycles. The number of aryl methyl sites for hydroxylation is 1. The van der Waals surface area contributed by atoms with Crippen LogP contribution in [0.5, 0.6) is 0 Å². The summed E-state index contributed by atoms with van der Waals surface area (Å²) in [7, 11) is 1.78. The van der Waals surface area contributed by atoms with Gasteiger partial charge in [-0.15, -0.1) is 0 Å². The molecule has 104 valence electrons. The molecule has 5 heteroatoms. The van der Waals surface area contributed by atoms with Crippen molar-refractivity contribution in [3.8, 4) is 0 Å². The average Bonchev–Trinajstić information content (AvgIpc) is 2.88. The molecule has 1 aromatic heterocycles. The van der Waals surface area contributed by atoms with E-state index in [1.807, 2.05) is 18.2 Å². The van der Waals surface area contributed by atoms with E-state index >= 15 is 0 Å². The van der Waals surface area contributed by atoms with Crippen molar-refractivity contribution in [2.24, 2.45) is 0 Å². The van der Waals surface area contributed by atoms with Gasteiger partial charge in [0.15, 0.2) is 4.67 Å². The predicted octanol–water partition coefficient (Wildman–Crippen LogP) is 3.03. The van der Waals surface area contributed by atoms with E-state index in [9.17, 15) is 9.90 Å². The van der Waals surface area contributed by atoms with Crippen LogP contribution < -0.4 is 4.90 Å². The van der Waals surface area contributed by atoms with Crippen molar-refractivity contribution in [3.05, 3.63) is 51.9 Å². The van der Waals surface area contributed by atoms with Crippen molar-refractivity contribution in [2.45, 2.75) is 18.9 Å². The molecule has 2 heterocycles. The number of benzene rings is 1. The Labute approximate surface area is 125 Å². The molecule has 1 amide bonds. The first kappa shape index (κ1) is 13.4. The Balaban J connectivity index is 1.97. The Bertz CT molecular complexity index is 665. The third kappa shape index (κ3) is 2.17. The number of anilines is 1. The summed E-state index contributed by atoms with van der Waals surface area (Å²) in [6.07, 6.45) is 2.02. The van der Waals surface area contributed by atoms with Crippen LogP contribution in [0.2, 0.25) is 0 Å². The number of amides is 1. The molecular formula is C15H14BrNO3. The monoisotopic (exact) mass is 335 g/mol. The number of fused-ring (bicyclic) bond motifs is 1. The molecule has 0 aliphatic carbocycles. The number of rotatable bonds is 2. The molecule has 1 aliphatic rings. The van der Waals surface area contributed by atoms with Gasteiger partial charge in [-0.25, -0.2) is 0 Å². The number of hydrogen-bond acceptors (Lipinski definition) is 3. The summed E-state index contributed by atoms with van der Waals surface area (Å²) in [5.41, 5.74) is 3.51. The van der Waals surface area contributed by atoms with E-state index in [1.165, 1.54) is 6.26 Å². The minimum absolute atomic E-state index is 0.128. The molecule has 0 saturated heterocycles. The van der Waals surface area contributed by atoms with Crippen molar-refractivity contribution >= 4 is 27.5 Å². The summed E-state index contributed by atoms with van der Waals surface area (Å²) in [4.78, 5) is 13.3. The highest BCUT2D eigenvalue weighted by Crippen LogP contribution is 2.33. The largest absolute Gasteiger partial charge is 0.457 e. The number of nitrogens with zero attached hydrogens (tertiary/aromatic N) is 1. The van der Waals surface area contributed by atoms with E-state index in [2.05, 4.69) is 15.9 Å². The fourth-order valence-corrected chi connectivity index (χ4v) is 2.98. The maximum absolute atomic E-state index is 11.7. The van der Waals surface area contributed by atoms with Gasteiger partial charge in [-0.2, -0.15) is 0 Å². The molecule has 0 spiro atoms. The van der Waals surface area contributed by atoms with Crippen LogP contribution in [0, 0.1) is 0 Å². The van der Waals surface area contributed by atoms with Crippen molar-refractivity contribution in [1.29, 1.82) is 0 Å². The second-order valence-electron chi connectivity index (χ2n) is 4.89. The SMILES string of the molecule is CN1C(=O)CCc2cc(C(O)c3ccoc3Br)ccc21. The van der Waals surface area contributed by atoms with E-state index in [0.717, 1.165) is 16.8 Å². The first-order chi connectivity index (χ1) is 9.58. The van der Waals surface area contributed by atoms with Crippen molar-refractivity contribution < 1.29 is 14.3 Å². The summed E-state index contributed by atoms with van der Waals surface area (Å²) >= 11 is 3.28. The second kappa shape index (κ2) is 5.07. The van der Waals surface area contributed by atoms with Crippen LogP contribution in [-0.4, -0.2) is 18.1 Å². The Morgan fingerprint density at radius 2 is 2.15 bits per heavy atom. The highest BCUT2D eigenvalue weighted by molar-refractivity contribution is 9.10. The average molecular weight is 336 g/mol. The number of carbonyl (C=O) groups is 1. The molecule has 1 N–H and O–H groups in total. The van der Waals surface area contributed by atoms with Gasteiger partial charge in [-0.3, -0.25) is 4.79 Å². The van der Waals surface area contributed by atoms with Gasteiger partial charge in [0, 0.05) is 24.7 Å². The van der Waals surface area contributed by atoms with Gasteiger partial charge in [-0.1, -0.05) is 12.1 Å². The number of aliphatic hydroxyl groups excluding tert-OH is 1. The van der Waals surface area contributed by atoms with Crippen LogP contribution in [0.1, 0.15) is 29.2 Å². The van der Waals surface area contributed by atoms with Crippen LogP contribution in [0.4, 0.5) is 5.69 Å². The molecule has 3 rings (SSSR count). The molecule has 0 saturated carbocycles. The van der Waals surface area contributed by atoms with Crippen LogP contribution in [0.15, 0.2) is 39.6 Å². The lowest BCUT2D eigenvalue weighted by Crippen LogP contribution is -2.31. The van der Waals surface area contributed by atoms with E-state index < -0.39 is 6.10 Å². The molecule has 4 nitrogen and oxygen atoms in total. The van der Waals surface area contributed by atoms with E-state index in [1.54, 1.807) is 18.0 Å². The van der Waals surface area contributed by atoms with Crippen molar-refractivity contribution in [3.63, 3.8) is 0 Å². The molecule has 1 aliphatic heterocycles. The topological polar surface area (TPSA) is 53.7 Å². The van der Waals surface area contributed by atoms with Crippen molar-refractivity contribution in [2.75, 3.05) is 11.9 Å². The maximum Gasteiger partial charge on any atom is 0.227 e. The third-order valence-electron chi connectivity index (χ3n) is 3.70. The lowest BCUT2D eigenvalue weighted by Gasteiger charge is -2.26. The lowest BCUT2D eigenvalue weighted by atomic mass is 9.95. The number of hydrogen-bond donors (Lipinski definition) is 1. The number of carbonyl (C=O) groups excluding carboxylic acids is 1. The van der Waals surface area contributed by atoms with Gasteiger partial charge in [0.2, 0.25) is 5.91 Å². The van der Waals surface area contributed by atoms with Crippen LogP contribution in [-0.2, 0) is 11.2 Å². The minimum Gasteiger partial charge on any atom is -0.457 e. The lowest BCUT2D eigenvalue weighted by molar-refractivity contribution is -0.118. The van der Waals surface area contributed by atoms with Gasteiger partial charge in [0.1, 0.15) is 6.10 Å². The molecular weight excluding hydrogens is 322 g/mol. The fourth-order valence-electron chi connectivity index (χ4n) is 2.53. The molecule has 20 heavy (non-hydrogen) atoms. The van der Waals surface area contributed by atoms with Gasteiger partial charge >= 0.3 is 0 Å². The van der Waals surface area contributed by atoms with Gasteiger partial charge < -0.3 is 14.4 Å². The Kier molecular flexibility index (Phi) is 3.40. The van der Waals surface area contributed by atoms with E-state index in [-0.39, 0.29) is 5.91 Å². The fraction of sp³-hybridized carbons (Fsp3) is 0.267. The van der Waals surface area contributed by atoms with Crippen LogP contribution in [0.3, 0.4) is 0 Å². The molecule has 0 bridgehead atoms. The quantitative estimate of drug-likeness (QED) is 0.917.